The normalized spacial score (nSPS) is 14.0. The van der Waals surface area contributed by atoms with Crippen LogP contribution in [0.4, 0.5) is 4.39 Å². The molecule has 1 aliphatic carbocycles. The van der Waals surface area contributed by atoms with Crippen molar-refractivity contribution in [1.29, 1.82) is 0 Å². The quantitative estimate of drug-likeness (QED) is 0.433. The van der Waals surface area contributed by atoms with Crippen LogP contribution >= 0.6 is 39.0 Å². The average molecular weight is 470 g/mol. The molecule has 142 valence electrons. The largest absolute Gasteiger partial charge is 0.367 e. The van der Waals surface area contributed by atoms with Crippen LogP contribution in [0.3, 0.4) is 0 Å². The van der Waals surface area contributed by atoms with Gasteiger partial charge in [0.25, 0.3) is 0 Å². The molecule has 4 rings (SSSR count). The van der Waals surface area contributed by atoms with Crippen LogP contribution in [0.25, 0.3) is 15.4 Å². The molecule has 2 N–H and O–H groups in total. The summed E-state index contributed by atoms with van der Waals surface area (Å²) in [5, 5.41) is 28.2. The van der Waals surface area contributed by atoms with Gasteiger partial charge in [0.15, 0.2) is 11.4 Å². The Bertz CT molecular complexity index is 974. The van der Waals surface area contributed by atoms with Gasteiger partial charge in [-0.25, -0.2) is 4.39 Å². The third-order valence-corrected chi connectivity index (χ3v) is 7.25. The first-order valence-corrected chi connectivity index (χ1v) is 11.1. The first-order valence-electron chi connectivity index (χ1n) is 8.55. The number of benzene rings is 1. The molecule has 3 aromatic rings. The predicted molar refractivity (Wildman–Crippen MR) is 108 cm³/mol. The molecular weight excluding hydrogens is 453 g/mol. The van der Waals surface area contributed by atoms with Crippen molar-refractivity contribution in [3.8, 4) is 15.4 Å². The van der Waals surface area contributed by atoms with E-state index in [1.807, 2.05) is 10.6 Å². The number of hydrogen-bond acceptors (Lipinski definition) is 6. The summed E-state index contributed by atoms with van der Waals surface area (Å²) in [5.41, 5.74) is 3.40. The van der Waals surface area contributed by atoms with Gasteiger partial charge in [-0.2, -0.15) is 0 Å². The Morgan fingerprint density at radius 3 is 2.74 bits per heavy atom. The Balaban J connectivity index is 1.84. The molecular formula is C18H17BrFN3O2S2. The van der Waals surface area contributed by atoms with Gasteiger partial charge in [0, 0.05) is 4.88 Å². The summed E-state index contributed by atoms with van der Waals surface area (Å²) in [4.78, 5) is 1.08. The Morgan fingerprint density at radius 1 is 1.22 bits per heavy atom. The summed E-state index contributed by atoms with van der Waals surface area (Å²) in [6, 6.07) is 6.70. The first-order chi connectivity index (χ1) is 13.0. The smallest absolute Gasteiger partial charge is 0.206 e. The minimum Gasteiger partial charge on any atom is -0.367 e. The molecule has 0 saturated heterocycles. The molecule has 0 bridgehead atoms. The lowest BCUT2D eigenvalue weighted by Crippen LogP contribution is -2.09. The maximum absolute atomic E-state index is 13.8. The van der Waals surface area contributed by atoms with Crippen LogP contribution in [0.5, 0.6) is 0 Å². The molecule has 0 spiro atoms. The number of rotatable bonds is 5. The second-order valence-electron chi connectivity index (χ2n) is 6.29. The summed E-state index contributed by atoms with van der Waals surface area (Å²) in [7, 11) is 0. The highest BCUT2D eigenvalue weighted by Crippen LogP contribution is 2.44. The molecule has 0 saturated carbocycles. The molecule has 2 heterocycles. The molecule has 5 nitrogen and oxygen atoms in total. The van der Waals surface area contributed by atoms with Crippen LogP contribution in [0.15, 0.2) is 34.2 Å². The molecule has 0 fully saturated rings. The van der Waals surface area contributed by atoms with E-state index in [9.17, 15) is 14.6 Å². The predicted octanol–water partition coefficient (Wildman–Crippen LogP) is 4.18. The van der Waals surface area contributed by atoms with Gasteiger partial charge < -0.3 is 10.2 Å². The van der Waals surface area contributed by atoms with Gasteiger partial charge >= 0.3 is 0 Å². The lowest BCUT2D eigenvalue weighted by atomic mass is 9.91. The van der Waals surface area contributed by atoms with E-state index < -0.39 is 6.29 Å². The molecule has 1 aromatic carbocycles. The zero-order valence-electron chi connectivity index (χ0n) is 14.2. The van der Waals surface area contributed by atoms with Gasteiger partial charge in [-0.15, -0.1) is 21.5 Å². The number of nitrogens with zero attached hydrogens (tertiary/aromatic N) is 3. The van der Waals surface area contributed by atoms with Crippen LogP contribution in [-0.2, 0) is 12.8 Å². The minimum atomic E-state index is -1.42. The van der Waals surface area contributed by atoms with Crippen molar-refractivity contribution in [2.45, 2.75) is 37.1 Å². The Labute approximate surface area is 172 Å². The highest BCUT2D eigenvalue weighted by molar-refractivity contribution is 9.10. The zero-order valence-corrected chi connectivity index (χ0v) is 17.4. The maximum Gasteiger partial charge on any atom is 0.206 e. The third kappa shape index (κ3) is 3.84. The van der Waals surface area contributed by atoms with E-state index in [0.717, 1.165) is 41.1 Å². The van der Waals surface area contributed by atoms with E-state index in [2.05, 4.69) is 26.1 Å². The monoisotopic (exact) mass is 469 g/mol. The third-order valence-electron chi connectivity index (χ3n) is 4.44. The van der Waals surface area contributed by atoms with Crippen molar-refractivity contribution in [3.63, 3.8) is 0 Å². The van der Waals surface area contributed by atoms with Gasteiger partial charge in [-0.1, -0.05) is 23.9 Å². The number of aliphatic hydroxyl groups excluding tert-OH is 1. The summed E-state index contributed by atoms with van der Waals surface area (Å²) in [6.07, 6.45) is 2.73. The van der Waals surface area contributed by atoms with Gasteiger partial charge in [0.05, 0.1) is 5.75 Å². The number of halogens is 2. The van der Waals surface area contributed by atoms with E-state index >= 15 is 0 Å². The van der Waals surface area contributed by atoms with Gasteiger partial charge in [-0.3, -0.25) is 4.57 Å². The zero-order chi connectivity index (χ0) is 19.0. The number of thioether (sulfide) groups is 1. The topological polar surface area (TPSA) is 71.2 Å². The van der Waals surface area contributed by atoms with E-state index in [-0.39, 0.29) is 11.6 Å². The van der Waals surface area contributed by atoms with Crippen molar-refractivity contribution in [2.24, 2.45) is 0 Å². The summed E-state index contributed by atoms with van der Waals surface area (Å²) in [6.45, 7) is 0. The van der Waals surface area contributed by atoms with Crippen LogP contribution in [-0.4, -0.2) is 37.0 Å². The molecule has 0 aliphatic heterocycles. The summed E-state index contributed by atoms with van der Waals surface area (Å²) >= 11 is 6.30. The van der Waals surface area contributed by atoms with Crippen LogP contribution < -0.4 is 0 Å². The van der Waals surface area contributed by atoms with Crippen molar-refractivity contribution in [2.75, 3.05) is 5.75 Å². The second kappa shape index (κ2) is 8.00. The van der Waals surface area contributed by atoms with Crippen molar-refractivity contribution in [1.82, 2.24) is 14.8 Å². The molecule has 1 aliphatic rings. The second-order valence-corrected chi connectivity index (χ2v) is 8.99. The van der Waals surface area contributed by atoms with Gasteiger partial charge in [-0.05, 0) is 70.4 Å². The minimum absolute atomic E-state index is 0.107. The van der Waals surface area contributed by atoms with Crippen LogP contribution in [0, 0.1) is 5.82 Å². The lowest BCUT2D eigenvalue weighted by molar-refractivity contribution is -0.0186. The summed E-state index contributed by atoms with van der Waals surface area (Å²) in [5.74, 6) is -0.138. The van der Waals surface area contributed by atoms with Crippen molar-refractivity contribution < 1.29 is 14.6 Å². The maximum atomic E-state index is 13.8. The standard InChI is InChI=1S/C18H17BrFN3O2S2/c19-17-21-22-18(26-9-14(24)25)23(17)16-13-7-2-1-6-12(13)15(27-16)10-4-3-5-11(20)8-10/h3-5,8,14,24-25H,1-2,6-7,9H2. The highest BCUT2D eigenvalue weighted by atomic mass is 79.9. The molecule has 2 aromatic heterocycles. The number of aromatic nitrogens is 3. The van der Waals surface area contributed by atoms with E-state index in [4.69, 9.17) is 0 Å². The Hall–Kier alpha value is -1.26. The average Bonchev–Trinajstić information content (AvgIpc) is 3.20. The number of thiophene rings is 1. The van der Waals surface area contributed by atoms with Gasteiger partial charge in [0.1, 0.15) is 10.8 Å². The number of hydrogen-bond donors (Lipinski definition) is 2. The number of fused-ring (bicyclic) bond motifs is 1. The molecule has 0 atom stereocenters. The highest BCUT2D eigenvalue weighted by Gasteiger charge is 2.26. The van der Waals surface area contributed by atoms with Crippen LogP contribution in [0.1, 0.15) is 24.0 Å². The first kappa shape index (κ1) is 19.1. The fraction of sp³-hybridized carbons (Fsp3) is 0.333. The molecule has 9 heteroatoms. The lowest BCUT2D eigenvalue weighted by Gasteiger charge is -2.15. The van der Waals surface area contributed by atoms with Crippen molar-refractivity contribution in [3.05, 3.63) is 45.9 Å². The van der Waals surface area contributed by atoms with Crippen molar-refractivity contribution >= 4 is 39.0 Å². The molecule has 0 radical (unpaired) electrons. The van der Waals surface area contributed by atoms with E-state index in [1.165, 1.54) is 29.0 Å². The van der Waals surface area contributed by atoms with E-state index in [1.54, 1.807) is 23.5 Å². The molecule has 0 unspecified atom stereocenters. The van der Waals surface area contributed by atoms with Gasteiger partial charge in [0.2, 0.25) is 4.73 Å². The summed E-state index contributed by atoms with van der Waals surface area (Å²) < 4.78 is 16.3. The van der Waals surface area contributed by atoms with Crippen LogP contribution in [0.2, 0.25) is 0 Å². The fourth-order valence-electron chi connectivity index (χ4n) is 3.32. The Kier molecular flexibility index (Phi) is 5.65. The fourth-order valence-corrected chi connectivity index (χ4v) is 6.14. The SMILES string of the molecule is OC(O)CSc1nnc(Br)n1-c1sc(-c2cccc(F)c2)c2c1CCCC2. The Morgan fingerprint density at radius 2 is 2.00 bits per heavy atom. The molecule has 27 heavy (non-hydrogen) atoms. The molecule has 0 amide bonds. The van der Waals surface area contributed by atoms with E-state index in [0.29, 0.717) is 9.89 Å². The number of aliphatic hydroxyl groups is 2.